The van der Waals surface area contributed by atoms with Crippen molar-refractivity contribution in [1.82, 2.24) is 14.6 Å². The molecule has 1 aliphatic rings. The van der Waals surface area contributed by atoms with Gasteiger partial charge in [-0.05, 0) is 29.5 Å². The van der Waals surface area contributed by atoms with Gasteiger partial charge >= 0.3 is 0 Å². The molecule has 1 unspecified atom stereocenters. The SMILES string of the molecule is COc1cccc(CC2CN(Sc3cccs3)CCN2)n1. The van der Waals surface area contributed by atoms with Gasteiger partial charge in [-0.2, -0.15) is 0 Å². The molecule has 112 valence electrons. The van der Waals surface area contributed by atoms with E-state index in [2.05, 4.69) is 38.2 Å². The van der Waals surface area contributed by atoms with Gasteiger partial charge in [0, 0.05) is 43.9 Å². The molecule has 0 aliphatic carbocycles. The maximum Gasteiger partial charge on any atom is 0.213 e. The van der Waals surface area contributed by atoms with Crippen LogP contribution in [0, 0.1) is 0 Å². The van der Waals surface area contributed by atoms with Crippen molar-refractivity contribution in [3.63, 3.8) is 0 Å². The van der Waals surface area contributed by atoms with Crippen molar-refractivity contribution in [2.24, 2.45) is 0 Å². The summed E-state index contributed by atoms with van der Waals surface area (Å²) in [6, 6.07) is 10.7. The van der Waals surface area contributed by atoms with E-state index in [1.165, 1.54) is 4.21 Å². The van der Waals surface area contributed by atoms with Crippen LogP contribution in [0.5, 0.6) is 5.88 Å². The highest BCUT2D eigenvalue weighted by molar-refractivity contribution is 7.98. The number of ether oxygens (including phenoxy) is 1. The summed E-state index contributed by atoms with van der Waals surface area (Å²) in [4.78, 5) is 4.50. The molecule has 4 nitrogen and oxygen atoms in total. The fourth-order valence-corrected chi connectivity index (χ4v) is 4.33. The molecule has 0 bridgehead atoms. The summed E-state index contributed by atoms with van der Waals surface area (Å²) in [6.07, 6.45) is 0.929. The molecule has 0 aromatic carbocycles. The van der Waals surface area contributed by atoms with Gasteiger partial charge in [-0.1, -0.05) is 12.1 Å². The minimum atomic E-state index is 0.436. The average Bonchev–Trinajstić information content (AvgIpc) is 3.01. The Bertz CT molecular complexity index is 562. The Balaban J connectivity index is 1.58. The van der Waals surface area contributed by atoms with Crippen LogP contribution >= 0.6 is 23.3 Å². The lowest BCUT2D eigenvalue weighted by atomic mass is 10.1. The lowest BCUT2D eigenvalue weighted by Gasteiger charge is -2.32. The molecule has 1 atom stereocenters. The third kappa shape index (κ3) is 4.20. The van der Waals surface area contributed by atoms with Gasteiger partial charge in [0.15, 0.2) is 0 Å². The van der Waals surface area contributed by atoms with Gasteiger partial charge in [0.2, 0.25) is 5.88 Å². The topological polar surface area (TPSA) is 37.4 Å². The van der Waals surface area contributed by atoms with E-state index in [9.17, 15) is 0 Å². The maximum atomic E-state index is 5.19. The number of rotatable bonds is 5. The van der Waals surface area contributed by atoms with Crippen molar-refractivity contribution in [3.05, 3.63) is 41.4 Å². The first-order valence-electron chi connectivity index (χ1n) is 7.03. The van der Waals surface area contributed by atoms with E-state index < -0.39 is 0 Å². The van der Waals surface area contributed by atoms with Gasteiger partial charge < -0.3 is 10.1 Å². The number of nitrogens with one attached hydrogen (secondary N) is 1. The Labute approximate surface area is 133 Å². The number of hydrogen-bond acceptors (Lipinski definition) is 6. The molecule has 1 saturated heterocycles. The Morgan fingerprint density at radius 1 is 1.43 bits per heavy atom. The van der Waals surface area contributed by atoms with Crippen molar-refractivity contribution >= 4 is 23.3 Å². The third-order valence-corrected chi connectivity index (χ3v) is 5.46. The van der Waals surface area contributed by atoms with Gasteiger partial charge in [-0.3, -0.25) is 0 Å². The smallest absolute Gasteiger partial charge is 0.213 e. The second-order valence-electron chi connectivity index (χ2n) is 4.94. The first kappa shape index (κ1) is 14.8. The normalized spacial score (nSPS) is 19.6. The van der Waals surface area contributed by atoms with E-state index in [-0.39, 0.29) is 0 Å². The third-order valence-electron chi connectivity index (χ3n) is 3.38. The van der Waals surface area contributed by atoms with Crippen molar-refractivity contribution in [1.29, 1.82) is 0 Å². The summed E-state index contributed by atoms with van der Waals surface area (Å²) in [7, 11) is 1.66. The van der Waals surface area contributed by atoms with E-state index in [4.69, 9.17) is 4.74 Å². The largest absolute Gasteiger partial charge is 0.481 e. The highest BCUT2D eigenvalue weighted by atomic mass is 32.2. The van der Waals surface area contributed by atoms with Crippen LogP contribution in [0.25, 0.3) is 0 Å². The molecule has 6 heteroatoms. The van der Waals surface area contributed by atoms with Crippen LogP contribution < -0.4 is 10.1 Å². The molecule has 3 rings (SSSR count). The fraction of sp³-hybridized carbons (Fsp3) is 0.400. The Hall–Kier alpha value is -1.08. The first-order chi connectivity index (χ1) is 10.3. The summed E-state index contributed by atoms with van der Waals surface area (Å²) in [6.45, 7) is 3.12. The van der Waals surface area contributed by atoms with Crippen LogP contribution in [-0.2, 0) is 6.42 Å². The van der Waals surface area contributed by atoms with Crippen LogP contribution in [0.1, 0.15) is 5.69 Å². The van der Waals surface area contributed by atoms with E-state index in [1.54, 1.807) is 18.4 Å². The highest BCUT2D eigenvalue weighted by Gasteiger charge is 2.21. The van der Waals surface area contributed by atoms with Crippen molar-refractivity contribution in [3.8, 4) is 5.88 Å². The predicted octanol–water partition coefficient (Wildman–Crippen LogP) is 2.68. The molecule has 0 spiro atoms. The number of piperazine rings is 1. The lowest BCUT2D eigenvalue weighted by Crippen LogP contribution is -2.49. The standard InChI is InChI=1S/C15H19N3OS2/c1-19-14-5-2-4-12(17-14)10-13-11-18(8-7-16-13)21-15-6-3-9-20-15/h2-6,9,13,16H,7-8,10-11H2,1H3. The summed E-state index contributed by atoms with van der Waals surface area (Å²) < 4.78 is 8.98. The van der Waals surface area contributed by atoms with Gasteiger partial charge in [0.25, 0.3) is 0 Å². The van der Waals surface area contributed by atoms with Crippen LogP contribution in [0.15, 0.2) is 39.9 Å². The summed E-state index contributed by atoms with van der Waals surface area (Å²) in [5, 5.41) is 5.71. The van der Waals surface area contributed by atoms with Crippen molar-refractivity contribution in [2.45, 2.75) is 16.7 Å². The molecule has 1 N–H and O–H groups in total. The summed E-state index contributed by atoms with van der Waals surface area (Å²) in [5.74, 6) is 0.688. The molecule has 21 heavy (non-hydrogen) atoms. The second-order valence-corrected chi connectivity index (χ2v) is 7.28. The zero-order valence-corrected chi connectivity index (χ0v) is 13.6. The molecular formula is C15H19N3OS2. The minimum Gasteiger partial charge on any atom is -0.481 e. The first-order valence-corrected chi connectivity index (χ1v) is 8.68. The highest BCUT2D eigenvalue weighted by Crippen LogP contribution is 2.28. The molecular weight excluding hydrogens is 302 g/mol. The van der Waals surface area contributed by atoms with E-state index in [0.717, 1.165) is 31.7 Å². The quantitative estimate of drug-likeness (QED) is 0.857. The molecule has 0 amide bonds. The van der Waals surface area contributed by atoms with Crippen LogP contribution in [-0.4, -0.2) is 42.1 Å². The zero-order valence-electron chi connectivity index (χ0n) is 12.0. The number of hydrogen-bond donors (Lipinski definition) is 1. The molecule has 2 aromatic heterocycles. The van der Waals surface area contributed by atoms with Gasteiger partial charge in [0.05, 0.1) is 11.3 Å². The number of aromatic nitrogens is 1. The van der Waals surface area contributed by atoms with Gasteiger partial charge in [0.1, 0.15) is 0 Å². The molecule has 0 radical (unpaired) electrons. The molecule has 2 aromatic rings. The molecule has 1 aliphatic heterocycles. The Morgan fingerprint density at radius 2 is 2.38 bits per heavy atom. The predicted molar refractivity (Wildman–Crippen MR) is 88.0 cm³/mol. The Kier molecular flexibility index (Phi) is 5.13. The summed E-state index contributed by atoms with van der Waals surface area (Å²) >= 11 is 3.66. The number of nitrogens with zero attached hydrogens (tertiary/aromatic N) is 2. The van der Waals surface area contributed by atoms with E-state index >= 15 is 0 Å². The fourth-order valence-electron chi connectivity index (χ4n) is 2.39. The van der Waals surface area contributed by atoms with Crippen molar-refractivity contribution < 1.29 is 4.74 Å². The molecule has 0 saturated carbocycles. The van der Waals surface area contributed by atoms with Crippen molar-refractivity contribution in [2.75, 3.05) is 26.7 Å². The number of thiophene rings is 1. The minimum absolute atomic E-state index is 0.436. The van der Waals surface area contributed by atoms with Crippen LogP contribution in [0.2, 0.25) is 0 Å². The number of methoxy groups -OCH3 is 1. The molecule has 1 fully saturated rings. The van der Waals surface area contributed by atoms with Gasteiger partial charge in [-0.25, -0.2) is 9.29 Å². The molecule has 3 heterocycles. The van der Waals surface area contributed by atoms with E-state index in [0.29, 0.717) is 11.9 Å². The Morgan fingerprint density at radius 3 is 3.19 bits per heavy atom. The maximum absolute atomic E-state index is 5.19. The zero-order chi connectivity index (χ0) is 14.5. The lowest BCUT2D eigenvalue weighted by molar-refractivity contribution is 0.316. The average molecular weight is 321 g/mol. The van der Waals surface area contributed by atoms with Gasteiger partial charge in [-0.15, -0.1) is 11.3 Å². The second kappa shape index (κ2) is 7.26. The summed E-state index contributed by atoms with van der Waals surface area (Å²) in [5.41, 5.74) is 1.08. The monoisotopic (exact) mass is 321 g/mol. The van der Waals surface area contributed by atoms with Crippen LogP contribution in [0.4, 0.5) is 0 Å². The van der Waals surface area contributed by atoms with Crippen LogP contribution in [0.3, 0.4) is 0 Å². The number of pyridine rings is 1. The van der Waals surface area contributed by atoms with E-state index in [1.807, 2.05) is 24.1 Å².